The van der Waals surface area contributed by atoms with E-state index < -0.39 is 12.1 Å². The first-order valence-electron chi connectivity index (χ1n) is 12.1. The Hall–Kier alpha value is -3.43. The number of hydrogen-bond acceptors (Lipinski definition) is 4. The predicted octanol–water partition coefficient (Wildman–Crippen LogP) is 5.50. The minimum absolute atomic E-state index is 0.0127. The number of piperidine rings is 1. The van der Waals surface area contributed by atoms with Gasteiger partial charge in [0.25, 0.3) is 0 Å². The van der Waals surface area contributed by atoms with Crippen LogP contribution in [0.4, 0.5) is 4.39 Å². The van der Waals surface area contributed by atoms with Crippen LogP contribution in [-0.2, 0) is 4.79 Å². The van der Waals surface area contributed by atoms with Crippen molar-refractivity contribution < 1.29 is 19.0 Å². The summed E-state index contributed by atoms with van der Waals surface area (Å²) in [5.74, 6) is 6.40. The van der Waals surface area contributed by atoms with Gasteiger partial charge in [0.05, 0.1) is 19.2 Å². The van der Waals surface area contributed by atoms with E-state index in [0.717, 1.165) is 29.4 Å². The molecule has 1 aliphatic rings. The topological polar surface area (TPSA) is 62.7 Å². The van der Waals surface area contributed by atoms with Crippen molar-refractivity contribution in [2.24, 2.45) is 11.8 Å². The van der Waals surface area contributed by atoms with Gasteiger partial charge in [0, 0.05) is 30.1 Å². The van der Waals surface area contributed by atoms with Crippen LogP contribution in [0.3, 0.4) is 0 Å². The molecule has 35 heavy (non-hydrogen) atoms. The largest absolute Gasteiger partial charge is 0.497 e. The van der Waals surface area contributed by atoms with Gasteiger partial charge in [-0.25, -0.2) is 4.39 Å². The molecule has 3 aromatic rings. The lowest BCUT2D eigenvalue weighted by Crippen LogP contribution is -2.41. The molecular weight excluding hydrogens is 443 g/mol. The van der Waals surface area contributed by atoms with Crippen molar-refractivity contribution in [2.75, 3.05) is 26.7 Å². The van der Waals surface area contributed by atoms with E-state index in [9.17, 15) is 9.90 Å². The zero-order chi connectivity index (χ0) is 24.6. The van der Waals surface area contributed by atoms with Crippen LogP contribution in [0.1, 0.15) is 43.0 Å². The number of halogens is 1. The third kappa shape index (κ3) is 6.58. The highest BCUT2D eigenvalue weighted by atomic mass is 19.1. The Kier molecular flexibility index (Phi) is 8.33. The summed E-state index contributed by atoms with van der Waals surface area (Å²) < 4.78 is 20.7. The molecule has 4 rings (SSSR count). The van der Waals surface area contributed by atoms with Crippen molar-refractivity contribution in [2.45, 2.75) is 31.9 Å². The number of fused-ring (bicyclic) bond motifs is 1. The minimum atomic E-state index is -1.15. The standard InChI is InChI=1S/C29H31FN2O3/c1-35-24-10-12-28-26(19-24)25(13-15-31-28)27(30)11-9-22-14-17-32(20-23(22)18-29(33)34)16-5-8-21-6-3-2-4-7-21/h2-4,6-7,10,12-13,15,19,22-23,27H,9,11,14,16-18,20H2,1H3,(H,33,34)/t22-,23+,27+/m1/s1. The van der Waals surface area contributed by atoms with Gasteiger partial charge in [-0.3, -0.25) is 14.7 Å². The SMILES string of the molecule is COc1ccc2nccc([C@@H](F)CC[C@@H]3CCN(CC#Cc4ccccc4)C[C@@H]3CC(=O)O)c2c1. The van der Waals surface area contributed by atoms with Crippen LogP contribution in [0, 0.1) is 23.7 Å². The smallest absolute Gasteiger partial charge is 0.303 e. The Balaban J connectivity index is 1.39. The summed E-state index contributed by atoms with van der Waals surface area (Å²) >= 11 is 0. The second-order valence-corrected chi connectivity index (χ2v) is 9.14. The normalized spacial score (nSPS) is 19.0. The van der Waals surface area contributed by atoms with Gasteiger partial charge in [-0.15, -0.1) is 0 Å². The van der Waals surface area contributed by atoms with Crippen LogP contribution < -0.4 is 4.74 Å². The molecule has 1 saturated heterocycles. The molecule has 1 N–H and O–H groups in total. The molecule has 1 aliphatic heterocycles. The molecule has 0 unspecified atom stereocenters. The van der Waals surface area contributed by atoms with E-state index in [2.05, 4.69) is 21.7 Å². The predicted molar refractivity (Wildman–Crippen MR) is 135 cm³/mol. The number of ether oxygens (including phenoxy) is 1. The summed E-state index contributed by atoms with van der Waals surface area (Å²) in [6, 6.07) is 17.0. The fourth-order valence-electron chi connectivity index (χ4n) is 4.97. The molecule has 0 radical (unpaired) electrons. The van der Waals surface area contributed by atoms with Crippen LogP contribution in [0.15, 0.2) is 60.8 Å². The van der Waals surface area contributed by atoms with E-state index >= 15 is 4.39 Å². The van der Waals surface area contributed by atoms with E-state index in [4.69, 9.17) is 4.74 Å². The average molecular weight is 475 g/mol. The molecule has 0 saturated carbocycles. The summed E-state index contributed by atoms with van der Waals surface area (Å²) in [6.07, 6.45) is 2.44. The Bertz CT molecular complexity index is 1200. The van der Waals surface area contributed by atoms with E-state index in [1.165, 1.54) is 0 Å². The number of benzene rings is 2. The zero-order valence-corrected chi connectivity index (χ0v) is 20.0. The Morgan fingerprint density at radius 2 is 2.06 bits per heavy atom. The van der Waals surface area contributed by atoms with E-state index in [-0.39, 0.29) is 18.3 Å². The number of pyridine rings is 1. The number of carbonyl (C=O) groups is 1. The zero-order valence-electron chi connectivity index (χ0n) is 20.0. The number of aromatic nitrogens is 1. The number of alkyl halides is 1. The maximum absolute atomic E-state index is 15.4. The number of carboxylic acids is 1. The highest BCUT2D eigenvalue weighted by Gasteiger charge is 2.31. The van der Waals surface area contributed by atoms with Crippen LogP contribution in [-0.4, -0.2) is 47.7 Å². The molecule has 1 fully saturated rings. The van der Waals surface area contributed by atoms with Crippen molar-refractivity contribution in [3.63, 3.8) is 0 Å². The van der Waals surface area contributed by atoms with Gasteiger partial charge in [-0.05, 0) is 79.6 Å². The second-order valence-electron chi connectivity index (χ2n) is 9.14. The number of hydrogen-bond donors (Lipinski definition) is 1. The van der Waals surface area contributed by atoms with E-state index in [1.54, 1.807) is 19.4 Å². The van der Waals surface area contributed by atoms with Gasteiger partial charge >= 0.3 is 5.97 Å². The van der Waals surface area contributed by atoms with Crippen molar-refractivity contribution in [3.05, 3.63) is 71.9 Å². The highest BCUT2D eigenvalue weighted by Crippen LogP contribution is 2.36. The number of rotatable bonds is 8. The van der Waals surface area contributed by atoms with Crippen LogP contribution in [0.2, 0.25) is 0 Å². The number of likely N-dealkylation sites (tertiary alicyclic amines) is 1. The van der Waals surface area contributed by atoms with E-state index in [0.29, 0.717) is 37.2 Å². The molecule has 2 heterocycles. The van der Waals surface area contributed by atoms with Crippen LogP contribution >= 0.6 is 0 Å². The van der Waals surface area contributed by atoms with Crippen molar-refractivity contribution in [1.82, 2.24) is 9.88 Å². The van der Waals surface area contributed by atoms with Crippen molar-refractivity contribution >= 4 is 16.9 Å². The summed E-state index contributed by atoms with van der Waals surface area (Å²) in [4.78, 5) is 18.1. The Morgan fingerprint density at radius 3 is 2.83 bits per heavy atom. The fourth-order valence-corrected chi connectivity index (χ4v) is 4.97. The summed E-state index contributed by atoms with van der Waals surface area (Å²) in [6.45, 7) is 2.12. The Morgan fingerprint density at radius 1 is 1.23 bits per heavy atom. The maximum Gasteiger partial charge on any atom is 0.303 e. The lowest BCUT2D eigenvalue weighted by molar-refractivity contribution is -0.139. The molecule has 5 nitrogen and oxygen atoms in total. The average Bonchev–Trinajstić information content (AvgIpc) is 2.87. The van der Waals surface area contributed by atoms with E-state index in [1.807, 2.05) is 48.5 Å². The maximum atomic E-state index is 15.4. The van der Waals surface area contributed by atoms with Gasteiger partial charge < -0.3 is 9.84 Å². The van der Waals surface area contributed by atoms with Gasteiger partial charge in [0.15, 0.2) is 0 Å². The second kappa shape index (κ2) is 11.8. The first kappa shape index (κ1) is 24.7. The van der Waals surface area contributed by atoms with Gasteiger partial charge in [0.2, 0.25) is 0 Å². The Labute approximate surface area is 205 Å². The molecular formula is C29H31FN2O3. The quantitative estimate of drug-likeness (QED) is 0.437. The molecule has 0 bridgehead atoms. The molecule has 3 atom stereocenters. The van der Waals surface area contributed by atoms with Crippen LogP contribution in [0.25, 0.3) is 10.9 Å². The summed E-state index contributed by atoms with van der Waals surface area (Å²) in [5.41, 5.74) is 2.32. The fraction of sp³-hybridized carbons (Fsp3) is 0.379. The minimum Gasteiger partial charge on any atom is -0.497 e. The summed E-state index contributed by atoms with van der Waals surface area (Å²) in [7, 11) is 1.59. The molecule has 0 spiro atoms. The third-order valence-electron chi connectivity index (χ3n) is 6.83. The monoisotopic (exact) mass is 474 g/mol. The number of aliphatic carboxylic acids is 1. The summed E-state index contributed by atoms with van der Waals surface area (Å²) in [5, 5.41) is 10.2. The number of nitrogens with zero attached hydrogens (tertiary/aromatic N) is 2. The number of carboxylic acid groups (broad SMARTS) is 1. The number of methoxy groups -OCH3 is 1. The third-order valence-corrected chi connectivity index (χ3v) is 6.83. The molecule has 182 valence electrons. The first-order valence-corrected chi connectivity index (χ1v) is 12.1. The van der Waals surface area contributed by atoms with Crippen molar-refractivity contribution in [1.29, 1.82) is 0 Å². The molecule has 1 aromatic heterocycles. The molecule has 0 amide bonds. The highest BCUT2D eigenvalue weighted by molar-refractivity contribution is 5.83. The molecule has 6 heteroatoms. The van der Waals surface area contributed by atoms with Crippen LogP contribution in [0.5, 0.6) is 5.75 Å². The van der Waals surface area contributed by atoms with Gasteiger partial charge in [0.1, 0.15) is 11.9 Å². The molecule has 2 aromatic carbocycles. The molecule has 0 aliphatic carbocycles. The lowest BCUT2D eigenvalue weighted by atomic mass is 9.79. The van der Waals surface area contributed by atoms with Gasteiger partial charge in [-0.2, -0.15) is 0 Å². The van der Waals surface area contributed by atoms with Crippen molar-refractivity contribution in [3.8, 4) is 17.6 Å². The lowest BCUT2D eigenvalue weighted by Gasteiger charge is -2.37. The van der Waals surface area contributed by atoms with Gasteiger partial charge in [-0.1, -0.05) is 30.0 Å². The first-order chi connectivity index (χ1) is 17.0.